The van der Waals surface area contributed by atoms with E-state index in [-0.39, 0.29) is 12.1 Å². The maximum absolute atomic E-state index is 12.3. The number of anilines is 1. The Labute approximate surface area is 195 Å². The fourth-order valence-electron chi connectivity index (χ4n) is 4.59. The number of hydrogen-bond donors (Lipinski definition) is 3. The van der Waals surface area contributed by atoms with Crippen LogP contribution in [0, 0.1) is 5.41 Å². The van der Waals surface area contributed by atoms with Gasteiger partial charge in [-0.15, -0.1) is 0 Å². The number of fused-ring (bicyclic) bond motifs is 1. The number of nitrogens with zero attached hydrogens (tertiary/aromatic N) is 1. The van der Waals surface area contributed by atoms with Crippen LogP contribution in [0.25, 0.3) is 22.2 Å². The third kappa shape index (κ3) is 4.61. The van der Waals surface area contributed by atoms with Crippen molar-refractivity contribution in [3.05, 3.63) is 48.0 Å². The molecule has 0 saturated heterocycles. The van der Waals surface area contributed by atoms with Gasteiger partial charge in [0.15, 0.2) is 0 Å². The van der Waals surface area contributed by atoms with Crippen LogP contribution in [0.1, 0.15) is 64.5 Å². The van der Waals surface area contributed by atoms with Crippen molar-refractivity contribution in [3.63, 3.8) is 0 Å². The van der Waals surface area contributed by atoms with E-state index in [1.807, 2.05) is 37.3 Å². The molecule has 0 atom stereocenters. The Hall–Kier alpha value is -3.28. The fraction of sp³-hybridized carbons (Fsp3) is 0.407. The minimum absolute atomic E-state index is 0.177. The number of carbonyl (C=O) groups is 1. The minimum atomic E-state index is -0.177. The van der Waals surface area contributed by atoms with Gasteiger partial charge in [0.25, 0.3) is 0 Å². The van der Waals surface area contributed by atoms with Crippen molar-refractivity contribution in [1.29, 1.82) is 5.41 Å². The maximum atomic E-state index is 12.3. The summed E-state index contributed by atoms with van der Waals surface area (Å²) in [5.41, 5.74) is 4.90. The molecule has 174 valence electrons. The molecule has 1 aliphatic carbocycles. The predicted molar refractivity (Wildman–Crippen MR) is 136 cm³/mol. The summed E-state index contributed by atoms with van der Waals surface area (Å²) in [5, 5.41) is 15.2. The monoisotopic (exact) mass is 446 g/mol. The molecule has 1 aliphatic rings. The topological polar surface area (TPSA) is 79.1 Å². The van der Waals surface area contributed by atoms with Gasteiger partial charge in [-0.05, 0) is 68.9 Å². The quantitative estimate of drug-likeness (QED) is 0.318. The van der Waals surface area contributed by atoms with Gasteiger partial charge in [-0.3, -0.25) is 0 Å². The Morgan fingerprint density at radius 2 is 1.88 bits per heavy atom. The summed E-state index contributed by atoms with van der Waals surface area (Å²) in [5.74, 6) is 0.856. The van der Waals surface area contributed by atoms with Gasteiger partial charge in [0.1, 0.15) is 5.75 Å². The van der Waals surface area contributed by atoms with E-state index in [2.05, 4.69) is 41.2 Å². The summed E-state index contributed by atoms with van der Waals surface area (Å²) in [7, 11) is 0. The van der Waals surface area contributed by atoms with Crippen molar-refractivity contribution in [2.75, 3.05) is 11.9 Å². The molecule has 6 nitrogen and oxygen atoms in total. The average Bonchev–Trinajstić information content (AvgIpc) is 3.10. The molecular weight excluding hydrogens is 412 g/mol. The Bertz CT molecular complexity index is 1130. The highest BCUT2D eigenvalue weighted by atomic mass is 16.5. The zero-order valence-corrected chi connectivity index (χ0v) is 19.8. The third-order valence-corrected chi connectivity index (χ3v) is 6.65. The predicted octanol–water partition coefficient (Wildman–Crippen LogP) is 6.74. The van der Waals surface area contributed by atoms with Gasteiger partial charge in [-0.1, -0.05) is 26.0 Å². The van der Waals surface area contributed by atoms with Crippen molar-refractivity contribution in [2.45, 2.75) is 65.0 Å². The molecule has 3 N–H and O–H groups in total. The van der Waals surface area contributed by atoms with Crippen LogP contribution < -0.4 is 15.4 Å². The van der Waals surface area contributed by atoms with Crippen LogP contribution >= 0.6 is 0 Å². The fourth-order valence-corrected chi connectivity index (χ4v) is 4.59. The van der Waals surface area contributed by atoms with E-state index >= 15 is 0 Å². The van der Waals surface area contributed by atoms with Gasteiger partial charge in [0.05, 0.1) is 17.8 Å². The molecule has 33 heavy (non-hydrogen) atoms. The summed E-state index contributed by atoms with van der Waals surface area (Å²) in [6.07, 6.45) is 6.79. The second-order valence-corrected chi connectivity index (χ2v) is 8.66. The van der Waals surface area contributed by atoms with Crippen molar-refractivity contribution in [2.24, 2.45) is 0 Å². The zero-order chi connectivity index (χ0) is 23.4. The van der Waals surface area contributed by atoms with Crippen molar-refractivity contribution >= 4 is 28.8 Å². The molecule has 2 aromatic carbocycles. The number of ether oxygens (including phenoxy) is 1. The van der Waals surface area contributed by atoms with Crippen LogP contribution in [0.15, 0.2) is 42.5 Å². The molecule has 0 radical (unpaired) electrons. The molecule has 2 amide bonds. The molecule has 1 aromatic heterocycles. The third-order valence-electron chi connectivity index (χ3n) is 6.65. The van der Waals surface area contributed by atoms with E-state index in [1.54, 1.807) is 0 Å². The number of nitrogens with one attached hydrogen (secondary N) is 3. The molecule has 4 rings (SSSR count). The molecule has 0 aliphatic heterocycles. The Kier molecular flexibility index (Phi) is 7.02. The first kappa shape index (κ1) is 22.9. The van der Waals surface area contributed by atoms with Crippen molar-refractivity contribution in [1.82, 2.24) is 9.88 Å². The standard InChI is InChI=1S/C27H34N4O2/c1-4-19(5-2)29-27(32)30-20-12-10-18(11-13-20)26-24(17-28)23-15-14-22(33-6-3)16-25(23)31(26)21-8-7-9-21/h10-17,19,21,28H,4-9H2,1-3H3,(H2,29,30,32). The lowest BCUT2D eigenvalue weighted by Crippen LogP contribution is -2.37. The molecule has 1 saturated carbocycles. The first-order chi connectivity index (χ1) is 16.1. The van der Waals surface area contributed by atoms with Crippen LogP contribution in [0.2, 0.25) is 0 Å². The molecule has 3 aromatic rings. The van der Waals surface area contributed by atoms with Gasteiger partial charge < -0.3 is 25.3 Å². The van der Waals surface area contributed by atoms with Crippen molar-refractivity contribution in [3.8, 4) is 17.0 Å². The summed E-state index contributed by atoms with van der Waals surface area (Å²) < 4.78 is 8.16. The van der Waals surface area contributed by atoms with Crippen molar-refractivity contribution < 1.29 is 9.53 Å². The second-order valence-electron chi connectivity index (χ2n) is 8.66. The summed E-state index contributed by atoms with van der Waals surface area (Å²) >= 11 is 0. The van der Waals surface area contributed by atoms with Gasteiger partial charge >= 0.3 is 6.03 Å². The summed E-state index contributed by atoms with van der Waals surface area (Å²) in [6, 6.07) is 14.5. The van der Waals surface area contributed by atoms with Crippen LogP contribution in [-0.2, 0) is 0 Å². The number of rotatable bonds is 9. The van der Waals surface area contributed by atoms with E-state index in [0.717, 1.165) is 64.8 Å². The lowest BCUT2D eigenvalue weighted by Gasteiger charge is -2.30. The number of urea groups is 1. The van der Waals surface area contributed by atoms with Gasteiger partial charge in [0, 0.05) is 41.0 Å². The number of aromatic nitrogens is 1. The average molecular weight is 447 g/mol. The van der Waals surface area contributed by atoms with E-state index in [4.69, 9.17) is 10.1 Å². The number of hydrogen-bond acceptors (Lipinski definition) is 3. The molecular formula is C27H34N4O2. The van der Waals surface area contributed by atoms with Gasteiger partial charge in [-0.2, -0.15) is 0 Å². The lowest BCUT2D eigenvalue weighted by molar-refractivity contribution is 0.247. The zero-order valence-electron chi connectivity index (χ0n) is 19.8. The molecule has 1 heterocycles. The lowest BCUT2D eigenvalue weighted by atomic mass is 9.92. The highest BCUT2D eigenvalue weighted by Gasteiger charge is 2.27. The highest BCUT2D eigenvalue weighted by Crippen LogP contribution is 2.43. The number of amides is 2. The molecule has 0 spiro atoms. The minimum Gasteiger partial charge on any atom is -0.494 e. The summed E-state index contributed by atoms with van der Waals surface area (Å²) in [6.45, 7) is 6.76. The van der Waals surface area contributed by atoms with E-state index < -0.39 is 0 Å². The number of carbonyl (C=O) groups excluding carboxylic acids is 1. The summed E-state index contributed by atoms with van der Waals surface area (Å²) in [4.78, 5) is 12.3. The Balaban J connectivity index is 1.70. The van der Waals surface area contributed by atoms with E-state index in [0.29, 0.717) is 12.6 Å². The van der Waals surface area contributed by atoms with Gasteiger partial charge in [0.2, 0.25) is 0 Å². The molecule has 6 heteroatoms. The van der Waals surface area contributed by atoms with Gasteiger partial charge in [-0.25, -0.2) is 4.79 Å². The Morgan fingerprint density at radius 3 is 2.45 bits per heavy atom. The van der Waals surface area contributed by atoms with E-state index in [9.17, 15) is 4.79 Å². The largest absolute Gasteiger partial charge is 0.494 e. The smallest absolute Gasteiger partial charge is 0.319 e. The maximum Gasteiger partial charge on any atom is 0.319 e. The normalized spacial score (nSPS) is 13.7. The molecule has 0 unspecified atom stereocenters. The highest BCUT2D eigenvalue weighted by molar-refractivity contribution is 6.06. The number of benzene rings is 2. The second kappa shape index (κ2) is 10.1. The SMILES string of the molecule is CCOc1ccc2c(C=N)c(-c3ccc(NC(=O)NC(CC)CC)cc3)n(C3CCC3)c2c1. The first-order valence-electron chi connectivity index (χ1n) is 12.1. The van der Waals surface area contributed by atoms with Crippen LogP contribution in [0.5, 0.6) is 5.75 Å². The molecule has 1 fully saturated rings. The van der Waals surface area contributed by atoms with Crippen LogP contribution in [0.3, 0.4) is 0 Å². The molecule has 0 bridgehead atoms. The van der Waals surface area contributed by atoms with Crippen LogP contribution in [-0.4, -0.2) is 29.5 Å². The first-order valence-corrected chi connectivity index (χ1v) is 12.1. The van der Waals surface area contributed by atoms with Crippen LogP contribution in [0.4, 0.5) is 10.5 Å². The van der Waals surface area contributed by atoms with E-state index in [1.165, 1.54) is 12.6 Å². The Morgan fingerprint density at radius 1 is 1.15 bits per heavy atom.